The molecule has 2 aromatic rings. The Morgan fingerprint density at radius 3 is 2.56 bits per heavy atom. The zero-order valence-electron chi connectivity index (χ0n) is 9.78. The first-order valence-electron chi connectivity index (χ1n) is 5.61. The lowest BCUT2D eigenvalue weighted by molar-refractivity contribution is -0.117. The van der Waals surface area contributed by atoms with E-state index in [4.69, 9.17) is 5.73 Å². The number of carbonyl (C=O) groups is 1. The molecule has 1 unspecified atom stereocenters. The van der Waals surface area contributed by atoms with Gasteiger partial charge in [-0.2, -0.15) is 0 Å². The highest BCUT2D eigenvalue weighted by atomic mass is 16.2. The molecule has 1 amide bonds. The van der Waals surface area contributed by atoms with Crippen LogP contribution in [0.3, 0.4) is 0 Å². The molecule has 92 valence electrons. The molecule has 1 aromatic heterocycles. The fourth-order valence-electron chi connectivity index (χ4n) is 1.56. The summed E-state index contributed by atoms with van der Waals surface area (Å²) in [5.41, 5.74) is 7.42. The molecule has 0 saturated carbocycles. The normalized spacial score (nSPS) is 11.8. The summed E-state index contributed by atoms with van der Waals surface area (Å²) in [7, 11) is 0. The first kappa shape index (κ1) is 12.2. The number of hydrogen-bond acceptors (Lipinski definition) is 4. The van der Waals surface area contributed by atoms with Crippen molar-refractivity contribution in [2.75, 3.05) is 5.32 Å². The third-order valence-corrected chi connectivity index (χ3v) is 2.46. The Labute approximate surface area is 105 Å². The summed E-state index contributed by atoms with van der Waals surface area (Å²) >= 11 is 0. The number of aromatic nitrogens is 2. The van der Waals surface area contributed by atoms with E-state index in [2.05, 4.69) is 15.3 Å². The number of hydrogen-bond donors (Lipinski definition) is 2. The standard InChI is InChI=1S/C13H14N4O/c14-12(6-10-4-2-1-3-5-10)13(18)17-11-7-15-9-16-8-11/h1-5,7-9,12H,6,14H2,(H,17,18). The topological polar surface area (TPSA) is 80.9 Å². The molecule has 0 aliphatic rings. The second-order valence-corrected chi connectivity index (χ2v) is 3.91. The fraction of sp³-hybridized carbons (Fsp3) is 0.154. The zero-order chi connectivity index (χ0) is 12.8. The van der Waals surface area contributed by atoms with Gasteiger partial charge in [-0.25, -0.2) is 9.97 Å². The lowest BCUT2D eigenvalue weighted by Crippen LogP contribution is -2.37. The van der Waals surface area contributed by atoms with Gasteiger partial charge >= 0.3 is 0 Å². The van der Waals surface area contributed by atoms with Crippen molar-refractivity contribution >= 4 is 11.6 Å². The molecule has 0 fully saturated rings. The molecule has 0 aliphatic heterocycles. The van der Waals surface area contributed by atoms with Crippen LogP contribution >= 0.6 is 0 Å². The third-order valence-electron chi connectivity index (χ3n) is 2.46. The molecule has 1 heterocycles. The van der Waals surface area contributed by atoms with Gasteiger partial charge in [0.2, 0.25) is 5.91 Å². The van der Waals surface area contributed by atoms with Gasteiger partial charge in [-0.05, 0) is 12.0 Å². The minimum absolute atomic E-state index is 0.242. The molecule has 2 rings (SSSR count). The second-order valence-electron chi connectivity index (χ2n) is 3.91. The molecular weight excluding hydrogens is 228 g/mol. The Bertz CT molecular complexity index is 501. The van der Waals surface area contributed by atoms with E-state index in [-0.39, 0.29) is 5.91 Å². The number of nitrogens with one attached hydrogen (secondary N) is 1. The molecule has 18 heavy (non-hydrogen) atoms. The van der Waals surface area contributed by atoms with E-state index in [0.717, 1.165) is 5.56 Å². The van der Waals surface area contributed by atoms with Crippen LogP contribution in [0.2, 0.25) is 0 Å². The van der Waals surface area contributed by atoms with Crippen molar-refractivity contribution in [2.24, 2.45) is 5.73 Å². The first-order valence-corrected chi connectivity index (χ1v) is 5.61. The van der Waals surface area contributed by atoms with Crippen LogP contribution in [-0.2, 0) is 11.2 Å². The SMILES string of the molecule is NC(Cc1ccccc1)C(=O)Nc1cncnc1. The molecule has 0 bridgehead atoms. The van der Waals surface area contributed by atoms with Gasteiger partial charge in [-0.1, -0.05) is 30.3 Å². The summed E-state index contributed by atoms with van der Waals surface area (Å²) in [6.45, 7) is 0. The van der Waals surface area contributed by atoms with Crippen LogP contribution in [0.15, 0.2) is 49.1 Å². The lowest BCUT2D eigenvalue weighted by atomic mass is 10.1. The van der Waals surface area contributed by atoms with E-state index in [1.165, 1.54) is 18.7 Å². The van der Waals surface area contributed by atoms with Crippen molar-refractivity contribution in [3.05, 3.63) is 54.6 Å². The summed E-state index contributed by atoms with van der Waals surface area (Å²) in [4.78, 5) is 19.5. The van der Waals surface area contributed by atoms with Crippen LogP contribution in [0, 0.1) is 0 Å². The Morgan fingerprint density at radius 2 is 1.89 bits per heavy atom. The molecule has 5 heteroatoms. The number of nitrogens with zero attached hydrogens (tertiary/aromatic N) is 2. The predicted octanol–water partition coefficient (Wildman–Crippen LogP) is 0.985. The van der Waals surface area contributed by atoms with Gasteiger partial charge in [-0.3, -0.25) is 4.79 Å². The summed E-state index contributed by atoms with van der Waals surface area (Å²) < 4.78 is 0. The fourth-order valence-corrected chi connectivity index (χ4v) is 1.56. The van der Waals surface area contributed by atoms with E-state index in [9.17, 15) is 4.79 Å². The van der Waals surface area contributed by atoms with Crippen LogP contribution in [0.5, 0.6) is 0 Å². The van der Waals surface area contributed by atoms with Gasteiger partial charge in [0.15, 0.2) is 0 Å². The van der Waals surface area contributed by atoms with Crippen LogP contribution in [-0.4, -0.2) is 21.9 Å². The number of nitrogens with two attached hydrogens (primary N) is 1. The van der Waals surface area contributed by atoms with Crippen molar-refractivity contribution in [3.63, 3.8) is 0 Å². The van der Waals surface area contributed by atoms with Crippen molar-refractivity contribution in [1.82, 2.24) is 9.97 Å². The van der Waals surface area contributed by atoms with Gasteiger partial charge in [0.1, 0.15) is 6.33 Å². The highest BCUT2D eigenvalue weighted by Crippen LogP contribution is 2.05. The van der Waals surface area contributed by atoms with Crippen LogP contribution in [0.4, 0.5) is 5.69 Å². The maximum atomic E-state index is 11.8. The largest absolute Gasteiger partial charge is 0.322 e. The molecule has 0 radical (unpaired) electrons. The smallest absolute Gasteiger partial charge is 0.241 e. The van der Waals surface area contributed by atoms with Crippen LogP contribution < -0.4 is 11.1 Å². The van der Waals surface area contributed by atoms with Crippen LogP contribution in [0.1, 0.15) is 5.56 Å². The van der Waals surface area contributed by atoms with Gasteiger partial charge in [0.25, 0.3) is 0 Å². The summed E-state index contributed by atoms with van der Waals surface area (Å²) in [5, 5.41) is 2.67. The van der Waals surface area contributed by atoms with Crippen molar-refractivity contribution in [1.29, 1.82) is 0 Å². The number of anilines is 1. The van der Waals surface area contributed by atoms with E-state index >= 15 is 0 Å². The summed E-state index contributed by atoms with van der Waals surface area (Å²) in [6, 6.07) is 9.07. The highest BCUT2D eigenvalue weighted by Gasteiger charge is 2.14. The Morgan fingerprint density at radius 1 is 1.22 bits per heavy atom. The summed E-state index contributed by atoms with van der Waals surface area (Å²) in [5.74, 6) is -0.242. The average molecular weight is 242 g/mol. The molecule has 1 aromatic carbocycles. The molecule has 0 saturated heterocycles. The number of carbonyl (C=O) groups excluding carboxylic acids is 1. The van der Waals surface area contributed by atoms with Gasteiger partial charge < -0.3 is 11.1 Å². The maximum absolute atomic E-state index is 11.8. The van der Waals surface area contributed by atoms with Gasteiger partial charge in [0.05, 0.1) is 24.1 Å². The van der Waals surface area contributed by atoms with Crippen molar-refractivity contribution in [3.8, 4) is 0 Å². The Hall–Kier alpha value is -2.27. The summed E-state index contributed by atoms with van der Waals surface area (Å²) in [6.07, 6.45) is 4.96. The minimum atomic E-state index is -0.590. The lowest BCUT2D eigenvalue weighted by Gasteiger charge is -2.11. The Balaban J connectivity index is 1.93. The predicted molar refractivity (Wildman–Crippen MR) is 68.8 cm³/mol. The number of benzene rings is 1. The second kappa shape index (κ2) is 5.88. The van der Waals surface area contributed by atoms with Crippen molar-refractivity contribution in [2.45, 2.75) is 12.5 Å². The van der Waals surface area contributed by atoms with Crippen LogP contribution in [0.25, 0.3) is 0 Å². The maximum Gasteiger partial charge on any atom is 0.241 e. The molecule has 0 spiro atoms. The third kappa shape index (κ3) is 3.36. The minimum Gasteiger partial charge on any atom is -0.322 e. The highest BCUT2D eigenvalue weighted by molar-refractivity contribution is 5.94. The Kier molecular flexibility index (Phi) is 3.98. The number of amides is 1. The molecule has 0 aliphatic carbocycles. The molecule has 5 nitrogen and oxygen atoms in total. The number of rotatable bonds is 4. The molecule has 3 N–H and O–H groups in total. The van der Waals surface area contributed by atoms with E-state index in [0.29, 0.717) is 12.1 Å². The van der Waals surface area contributed by atoms with Crippen molar-refractivity contribution < 1.29 is 4.79 Å². The molecular formula is C13H14N4O. The molecule has 1 atom stereocenters. The van der Waals surface area contributed by atoms with E-state index in [1.807, 2.05) is 30.3 Å². The zero-order valence-corrected chi connectivity index (χ0v) is 9.78. The van der Waals surface area contributed by atoms with E-state index < -0.39 is 6.04 Å². The van der Waals surface area contributed by atoms with Gasteiger partial charge in [0, 0.05) is 0 Å². The quantitative estimate of drug-likeness (QED) is 0.837. The van der Waals surface area contributed by atoms with E-state index in [1.54, 1.807) is 0 Å². The first-order chi connectivity index (χ1) is 8.75. The average Bonchev–Trinajstić information content (AvgIpc) is 2.41. The monoisotopic (exact) mass is 242 g/mol. The van der Waals surface area contributed by atoms with Gasteiger partial charge in [-0.15, -0.1) is 0 Å².